The van der Waals surface area contributed by atoms with Gasteiger partial charge in [0.2, 0.25) is 0 Å². The van der Waals surface area contributed by atoms with E-state index in [1.54, 1.807) is 7.11 Å². The van der Waals surface area contributed by atoms with Crippen molar-refractivity contribution in [3.05, 3.63) is 29.3 Å². The normalized spacial score (nSPS) is 9.93. The maximum Gasteiger partial charge on any atom is 0.122 e. The molecule has 0 saturated carbocycles. The van der Waals surface area contributed by atoms with Crippen LogP contribution in [0, 0.1) is 12.3 Å². The number of methoxy groups -OCH3 is 1. The van der Waals surface area contributed by atoms with Gasteiger partial charge in [-0.3, -0.25) is 0 Å². The Hall–Kier alpha value is -1.31. The van der Waals surface area contributed by atoms with E-state index in [0.29, 0.717) is 5.71 Å². The third kappa shape index (κ3) is 2.34. The number of hydrogen-bond acceptors (Lipinski definition) is 2. The maximum absolute atomic E-state index is 7.82. The van der Waals surface area contributed by atoms with Crippen LogP contribution in [0.2, 0.25) is 0 Å². The van der Waals surface area contributed by atoms with Gasteiger partial charge in [0, 0.05) is 5.71 Å². The van der Waals surface area contributed by atoms with E-state index in [2.05, 4.69) is 6.92 Å². The minimum Gasteiger partial charge on any atom is -0.496 e. The lowest BCUT2D eigenvalue weighted by Gasteiger charge is -2.08. The molecule has 0 spiro atoms. The summed E-state index contributed by atoms with van der Waals surface area (Å²) < 4.78 is 5.22. The summed E-state index contributed by atoms with van der Waals surface area (Å²) in [6.45, 7) is 4.09. The lowest BCUT2D eigenvalue weighted by Crippen LogP contribution is -1.99. The number of hydrogen-bond donors (Lipinski definition) is 1. The largest absolute Gasteiger partial charge is 0.496 e. The minimum absolute atomic E-state index is 0.686. The molecule has 1 rings (SSSR count). The van der Waals surface area contributed by atoms with Gasteiger partial charge in [0.15, 0.2) is 0 Å². The van der Waals surface area contributed by atoms with E-state index in [0.717, 1.165) is 29.7 Å². The molecule has 0 aliphatic carbocycles. The molecular weight excluding hydrogens is 174 g/mol. The molecule has 0 fully saturated rings. The summed E-state index contributed by atoms with van der Waals surface area (Å²) in [7, 11) is 1.66. The molecule has 1 aromatic carbocycles. The number of nitrogens with one attached hydrogen (secondary N) is 1. The molecule has 0 aliphatic heterocycles. The summed E-state index contributed by atoms with van der Waals surface area (Å²) in [6, 6.07) is 5.92. The van der Waals surface area contributed by atoms with Crippen LogP contribution in [0.15, 0.2) is 18.2 Å². The van der Waals surface area contributed by atoms with Gasteiger partial charge in [-0.1, -0.05) is 25.5 Å². The zero-order valence-electron chi connectivity index (χ0n) is 9.05. The number of ether oxygens (including phenoxy) is 1. The van der Waals surface area contributed by atoms with E-state index >= 15 is 0 Å². The zero-order valence-corrected chi connectivity index (χ0v) is 9.05. The highest BCUT2D eigenvalue weighted by Crippen LogP contribution is 2.19. The van der Waals surface area contributed by atoms with Crippen molar-refractivity contribution in [2.75, 3.05) is 7.11 Å². The minimum atomic E-state index is 0.686. The molecule has 0 amide bonds. The van der Waals surface area contributed by atoms with Crippen LogP contribution in [0.1, 0.15) is 30.9 Å². The van der Waals surface area contributed by atoms with Crippen LogP contribution in [0.3, 0.4) is 0 Å². The van der Waals surface area contributed by atoms with Crippen molar-refractivity contribution in [3.63, 3.8) is 0 Å². The SMILES string of the molecule is CCCC(=N)c1ccc(C)c(OC)c1. The smallest absolute Gasteiger partial charge is 0.122 e. The van der Waals surface area contributed by atoms with Crippen LogP contribution < -0.4 is 4.74 Å². The van der Waals surface area contributed by atoms with Crippen molar-refractivity contribution in [2.24, 2.45) is 0 Å². The van der Waals surface area contributed by atoms with E-state index < -0.39 is 0 Å². The zero-order chi connectivity index (χ0) is 10.6. The molecule has 0 unspecified atom stereocenters. The highest BCUT2D eigenvalue weighted by molar-refractivity contribution is 5.98. The van der Waals surface area contributed by atoms with Crippen LogP contribution in [0.4, 0.5) is 0 Å². The van der Waals surface area contributed by atoms with Gasteiger partial charge >= 0.3 is 0 Å². The third-order valence-electron chi connectivity index (χ3n) is 2.26. The molecule has 0 atom stereocenters. The molecule has 0 heterocycles. The van der Waals surface area contributed by atoms with Gasteiger partial charge in [0.1, 0.15) is 5.75 Å². The first-order valence-corrected chi connectivity index (χ1v) is 4.91. The summed E-state index contributed by atoms with van der Waals surface area (Å²) in [4.78, 5) is 0. The molecule has 2 nitrogen and oxygen atoms in total. The van der Waals surface area contributed by atoms with Crippen molar-refractivity contribution in [1.82, 2.24) is 0 Å². The summed E-state index contributed by atoms with van der Waals surface area (Å²) in [5.41, 5.74) is 2.76. The fourth-order valence-electron chi connectivity index (χ4n) is 1.40. The van der Waals surface area contributed by atoms with Gasteiger partial charge in [-0.05, 0) is 30.5 Å². The van der Waals surface area contributed by atoms with Gasteiger partial charge in [0.05, 0.1) is 7.11 Å². The van der Waals surface area contributed by atoms with Crippen LogP contribution in [-0.2, 0) is 0 Å². The first kappa shape index (κ1) is 10.8. The van der Waals surface area contributed by atoms with Gasteiger partial charge in [0.25, 0.3) is 0 Å². The Bertz CT molecular complexity index is 331. The fraction of sp³-hybridized carbons (Fsp3) is 0.417. The Labute approximate surface area is 85.4 Å². The number of aryl methyl sites for hydroxylation is 1. The molecule has 0 radical (unpaired) electrons. The van der Waals surface area contributed by atoms with Crippen LogP contribution >= 0.6 is 0 Å². The topological polar surface area (TPSA) is 33.1 Å². The van der Waals surface area contributed by atoms with Crippen molar-refractivity contribution in [3.8, 4) is 5.75 Å². The molecule has 76 valence electrons. The molecule has 0 aromatic heterocycles. The summed E-state index contributed by atoms with van der Waals surface area (Å²) in [5.74, 6) is 0.864. The monoisotopic (exact) mass is 191 g/mol. The molecule has 2 heteroatoms. The Balaban J connectivity index is 2.94. The van der Waals surface area contributed by atoms with Crippen LogP contribution in [-0.4, -0.2) is 12.8 Å². The lowest BCUT2D eigenvalue weighted by molar-refractivity contribution is 0.411. The average molecular weight is 191 g/mol. The summed E-state index contributed by atoms with van der Waals surface area (Å²) >= 11 is 0. The average Bonchev–Trinajstić information content (AvgIpc) is 2.19. The second-order valence-corrected chi connectivity index (χ2v) is 3.41. The van der Waals surface area contributed by atoms with Crippen LogP contribution in [0.25, 0.3) is 0 Å². The maximum atomic E-state index is 7.82. The van der Waals surface area contributed by atoms with E-state index in [9.17, 15) is 0 Å². The number of benzene rings is 1. The Morgan fingerprint density at radius 1 is 1.43 bits per heavy atom. The Morgan fingerprint density at radius 2 is 2.14 bits per heavy atom. The third-order valence-corrected chi connectivity index (χ3v) is 2.26. The highest BCUT2D eigenvalue weighted by atomic mass is 16.5. The fourth-order valence-corrected chi connectivity index (χ4v) is 1.40. The van der Waals surface area contributed by atoms with Gasteiger partial charge < -0.3 is 10.1 Å². The lowest BCUT2D eigenvalue weighted by atomic mass is 10.0. The van der Waals surface area contributed by atoms with Gasteiger partial charge in [-0.15, -0.1) is 0 Å². The predicted octanol–water partition coefficient (Wildman–Crippen LogP) is 3.17. The van der Waals surface area contributed by atoms with Crippen molar-refractivity contribution < 1.29 is 4.74 Å². The molecule has 14 heavy (non-hydrogen) atoms. The predicted molar refractivity (Wildman–Crippen MR) is 59.5 cm³/mol. The summed E-state index contributed by atoms with van der Waals surface area (Å²) in [5, 5.41) is 7.82. The molecule has 1 N–H and O–H groups in total. The number of rotatable bonds is 4. The second-order valence-electron chi connectivity index (χ2n) is 3.41. The van der Waals surface area contributed by atoms with E-state index in [-0.39, 0.29) is 0 Å². The standard InChI is InChI=1S/C12H17NO/c1-4-5-11(13)10-7-6-9(2)12(8-10)14-3/h6-8,13H,4-5H2,1-3H3. The van der Waals surface area contributed by atoms with Crippen molar-refractivity contribution in [1.29, 1.82) is 5.41 Å². The van der Waals surface area contributed by atoms with Crippen molar-refractivity contribution in [2.45, 2.75) is 26.7 Å². The quantitative estimate of drug-likeness (QED) is 0.728. The Kier molecular flexibility index (Phi) is 3.69. The Morgan fingerprint density at radius 3 is 2.71 bits per heavy atom. The van der Waals surface area contributed by atoms with E-state index in [4.69, 9.17) is 10.1 Å². The second kappa shape index (κ2) is 4.80. The summed E-state index contributed by atoms with van der Waals surface area (Å²) in [6.07, 6.45) is 1.83. The van der Waals surface area contributed by atoms with E-state index in [1.165, 1.54) is 0 Å². The molecule has 0 bridgehead atoms. The van der Waals surface area contributed by atoms with Crippen molar-refractivity contribution >= 4 is 5.71 Å². The molecule has 0 saturated heterocycles. The first-order chi connectivity index (χ1) is 6.69. The van der Waals surface area contributed by atoms with Crippen LogP contribution in [0.5, 0.6) is 5.75 Å². The molecule has 0 aliphatic rings. The molecular formula is C12H17NO. The van der Waals surface area contributed by atoms with E-state index in [1.807, 2.05) is 25.1 Å². The van der Waals surface area contributed by atoms with Gasteiger partial charge in [-0.2, -0.15) is 0 Å². The highest BCUT2D eigenvalue weighted by Gasteiger charge is 2.03. The first-order valence-electron chi connectivity index (χ1n) is 4.91. The molecule has 1 aromatic rings. The van der Waals surface area contributed by atoms with Gasteiger partial charge in [-0.25, -0.2) is 0 Å².